The molecule has 0 aliphatic rings. The first kappa shape index (κ1) is 11.2. The first-order valence-electron chi connectivity index (χ1n) is 5.19. The molecule has 0 spiro atoms. The number of hydrogen-bond acceptors (Lipinski definition) is 3. The van der Waals surface area contributed by atoms with Gasteiger partial charge in [0.15, 0.2) is 0 Å². The molecule has 0 saturated heterocycles. The van der Waals surface area contributed by atoms with Crippen molar-refractivity contribution in [3.05, 3.63) is 48.0 Å². The van der Waals surface area contributed by atoms with Crippen LogP contribution in [-0.4, -0.2) is 32.9 Å². The second-order valence-electron chi connectivity index (χ2n) is 3.75. The van der Waals surface area contributed by atoms with Crippen LogP contribution in [0.25, 0.3) is 0 Å². The zero-order valence-corrected chi connectivity index (χ0v) is 9.42. The van der Waals surface area contributed by atoms with Crippen LogP contribution in [0.4, 0.5) is 0 Å². The van der Waals surface area contributed by atoms with Gasteiger partial charge in [-0.15, -0.1) is 0 Å². The number of phenolic OH excluding ortho intramolecular Hbond substituents is 1. The fourth-order valence-electron chi connectivity index (χ4n) is 1.54. The van der Waals surface area contributed by atoms with E-state index in [0.29, 0.717) is 12.1 Å². The molecule has 0 radical (unpaired) electrons. The molecule has 0 fully saturated rings. The summed E-state index contributed by atoms with van der Waals surface area (Å²) in [5.41, 5.74) is 0.457. The summed E-state index contributed by atoms with van der Waals surface area (Å²) >= 11 is 0. The number of amides is 1. The van der Waals surface area contributed by atoms with Gasteiger partial charge in [0.1, 0.15) is 11.6 Å². The number of carbonyl (C=O) groups excluding carboxylic acids is 1. The van der Waals surface area contributed by atoms with Gasteiger partial charge in [-0.3, -0.25) is 4.79 Å². The Balaban J connectivity index is 2.09. The molecule has 5 heteroatoms. The highest BCUT2D eigenvalue weighted by atomic mass is 16.3. The van der Waals surface area contributed by atoms with Crippen molar-refractivity contribution >= 4 is 5.91 Å². The Kier molecular flexibility index (Phi) is 3.09. The minimum absolute atomic E-state index is 0.0854. The smallest absolute Gasteiger partial charge is 0.254 e. The molecule has 0 aliphatic heterocycles. The molecule has 0 saturated carbocycles. The number of aromatic hydroxyl groups is 1. The topological polar surface area (TPSA) is 69.2 Å². The average Bonchev–Trinajstić information content (AvgIpc) is 2.80. The maximum atomic E-state index is 12.0. The van der Waals surface area contributed by atoms with Crippen LogP contribution >= 0.6 is 0 Å². The summed E-state index contributed by atoms with van der Waals surface area (Å²) in [5, 5.41) is 9.31. The van der Waals surface area contributed by atoms with E-state index in [9.17, 15) is 9.90 Å². The lowest BCUT2D eigenvalue weighted by Gasteiger charge is -2.15. The highest BCUT2D eigenvalue weighted by Crippen LogP contribution is 2.13. The number of rotatable bonds is 3. The van der Waals surface area contributed by atoms with Crippen LogP contribution in [0.2, 0.25) is 0 Å². The summed E-state index contributed by atoms with van der Waals surface area (Å²) in [5.74, 6) is 0.653. The minimum Gasteiger partial charge on any atom is -0.508 e. The van der Waals surface area contributed by atoms with Crippen LogP contribution < -0.4 is 0 Å². The maximum Gasteiger partial charge on any atom is 0.254 e. The first-order valence-corrected chi connectivity index (χ1v) is 5.19. The van der Waals surface area contributed by atoms with Crippen LogP contribution in [0.1, 0.15) is 16.2 Å². The Morgan fingerprint density at radius 3 is 3.00 bits per heavy atom. The Morgan fingerprint density at radius 2 is 2.35 bits per heavy atom. The second-order valence-corrected chi connectivity index (χ2v) is 3.75. The lowest BCUT2D eigenvalue weighted by molar-refractivity contribution is 0.0781. The molecule has 1 amide bonds. The second kappa shape index (κ2) is 4.69. The van der Waals surface area contributed by atoms with Crippen molar-refractivity contribution in [3.63, 3.8) is 0 Å². The number of H-pyrrole nitrogens is 1. The maximum absolute atomic E-state index is 12.0. The van der Waals surface area contributed by atoms with Crippen LogP contribution in [0.5, 0.6) is 5.75 Å². The number of aromatic nitrogens is 2. The molecule has 0 aliphatic carbocycles. The lowest BCUT2D eigenvalue weighted by Crippen LogP contribution is -2.26. The Morgan fingerprint density at radius 1 is 1.53 bits per heavy atom. The molecule has 2 N–H and O–H groups in total. The Labute approximate surface area is 98.7 Å². The quantitative estimate of drug-likeness (QED) is 0.838. The molecule has 2 aromatic rings. The predicted molar refractivity (Wildman–Crippen MR) is 62.5 cm³/mol. The van der Waals surface area contributed by atoms with Crippen molar-refractivity contribution in [2.24, 2.45) is 0 Å². The van der Waals surface area contributed by atoms with Gasteiger partial charge >= 0.3 is 0 Å². The number of hydrogen-bond donors (Lipinski definition) is 2. The molecular formula is C12H13N3O2. The van der Waals surface area contributed by atoms with Crippen molar-refractivity contribution in [2.45, 2.75) is 6.54 Å². The average molecular weight is 231 g/mol. The number of phenols is 1. The highest BCUT2D eigenvalue weighted by Gasteiger charge is 2.13. The summed E-state index contributed by atoms with van der Waals surface area (Å²) in [4.78, 5) is 20.5. The fourth-order valence-corrected chi connectivity index (χ4v) is 1.54. The summed E-state index contributed by atoms with van der Waals surface area (Å²) in [6.45, 7) is 0.404. The van der Waals surface area contributed by atoms with Gasteiger partial charge in [0.2, 0.25) is 0 Å². The van der Waals surface area contributed by atoms with Gasteiger partial charge in [-0.1, -0.05) is 6.07 Å². The van der Waals surface area contributed by atoms with Crippen molar-refractivity contribution in [1.82, 2.24) is 14.9 Å². The molecule has 17 heavy (non-hydrogen) atoms. The van der Waals surface area contributed by atoms with E-state index in [1.807, 2.05) is 0 Å². The molecule has 1 aromatic carbocycles. The van der Waals surface area contributed by atoms with Gasteiger partial charge in [0.25, 0.3) is 5.91 Å². The summed E-state index contributed by atoms with van der Waals surface area (Å²) in [6, 6.07) is 6.29. The van der Waals surface area contributed by atoms with Crippen LogP contribution in [0.3, 0.4) is 0 Å². The van der Waals surface area contributed by atoms with Crippen LogP contribution in [-0.2, 0) is 6.54 Å². The number of carbonyl (C=O) groups is 1. The monoisotopic (exact) mass is 231 g/mol. The summed E-state index contributed by atoms with van der Waals surface area (Å²) in [6.07, 6.45) is 3.35. The van der Waals surface area contributed by atoms with Crippen molar-refractivity contribution in [2.75, 3.05) is 7.05 Å². The molecule has 0 atom stereocenters. The minimum atomic E-state index is -0.155. The van der Waals surface area contributed by atoms with E-state index in [1.54, 1.807) is 31.6 Å². The summed E-state index contributed by atoms with van der Waals surface area (Å²) in [7, 11) is 1.69. The van der Waals surface area contributed by atoms with Crippen molar-refractivity contribution in [3.8, 4) is 5.75 Å². The predicted octanol–water partition coefficient (Wildman–Crippen LogP) is 1.39. The third kappa shape index (κ3) is 2.63. The van der Waals surface area contributed by atoms with Crippen molar-refractivity contribution in [1.29, 1.82) is 0 Å². The third-order valence-electron chi connectivity index (χ3n) is 2.38. The van der Waals surface area contributed by atoms with Gasteiger partial charge in [-0.05, 0) is 18.2 Å². The summed E-state index contributed by atoms with van der Waals surface area (Å²) < 4.78 is 0. The number of nitrogens with zero attached hydrogens (tertiary/aromatic N) is 2. The van der Waals surface area contributed by atoms with E-state index in [2.05, 4.69) is 9.97 Å². The van der Waals surface area contributed by atoms with E-state index < -0.39 is 0 Å². The van der Waals surface area contributed by atoms with Gasteiger partial charge < -0.3 is 15.0 Å². The van der Waals surface area contributed by atoms with Crippen molar-refractivity contribution < 1.29 is 9.90 Å². The Bertz CT molecular complexity index is 508. The number of aromatic amines is 1. The standard InChI is InChI=1S/C12H13N3O2/c1-15(8-11-13-5-6-14-11)12(17)9-3-2-4-10(16)7-9/h2-7,16H,8H2,1H3,(H,13,14). The van der Waals surface area contributed by atoms with Crippen LogP contribution in [0.15, 0.2) is 36.7 Å². The molecule has 2 rings (SSSR count). The molecule has 88 valence electrons. The van der Waals surface area contributed by atoms with Gasteiger partial charge in [0, 0.05) is 25.0 Å². The molecule has 1 aromatic heterocycles. The van der Waals surface area contributed by atoms with Gasteiger partial charge in [0.05, 0.1) is 6.54 Å². The van der Waals surface area contributed by atoms with Gasteiger partial charge in [-0.2, -0.15) is 0 Å². The zero-order chi connectivity index (χ0) is 12.3. The Hall–Kier alpha value is -2.30. The molecule has 1 heterocycles. The van der Waals surface area contributed by atoms with E-state index in [-0.39, 0.29) is 11.7 Å². The van der Waals surface area contributed by atoms with E-state index in [0.717, 1.165) is 5.82 Å². The number of nitrogens with one attached hydrogen (secondary N) is 1. The lowest BCUT2D eigenvalue weighted by atomic mass is 10.2. The largest absolute Gasteiger partial charge is 0.508 e. The van der Waals surface area contributed by atoms with Crippen LogP contribution in [0, 0.1) is 0 Å². The van der Waals surface area contributed by atoms with E-state index in [1.165, 1.54) is 17.0 Å². The SMILES string of the molecule is CN(Cc1ncc[nH]1)C(=O)c1cccc(O)c1. The molecule has 5 nitrogen and oxygen atoms in total. The zero-order valence-electron chi connectivity index (χ0n) is 9.42. The highest BCUT2D eigenvalue weighted by molar-refractivity contribution is 5.94. The van der Waals surface area contributed by atoms with E-state index >= 15 is 0 Å². The number of imidazole rings is 1. The molecular weight excluding hydrogens is 218 g/mol. The number of benzene rings is 1. The fraction of sp³-hybridized carbons (Fsp3) is 0.167. The first-order chi connectivity index (χ1) is 8.16. The van der Waals surface area contributed by atoms with E-state index in [4.69, 9.17) is 0 Å². The molecule has 0 unspecified atom stereocenters. The molecule has 0 bridgehead atoms. The normalized spacial score (nSPS) is 10.2. The third-order valence-corrected chi connectivity index (χ3v) is 2.38. The van der Waals surface area contributed by atoms with Gasteiger partial charge in [-0.25, -0.2) is 4.98 Å².